The summed E-state index contributed by atoms with van der Waals surface area (Å²) < 4.78 is 41.6. The highest BCUT2D eigenvalue weighted by Crippen LogP contribution is 2.27. The van der Waals surface area contributed by atoms with Crippen LogP contribution in [0.1, 0.15) is 49.4 Å². The van der Waals surface area contributed by atoms with Crippen LogP contribution in [0.5, 0.6) is 0 Å². The molecule has 36 heavy (non-hydrogen) atoms. The Morgan fingerprint density at radius 2 is 1.92 bits per heavy atom. The van der Waals surface area contributed by atoms with Gasteiger partial charge in [-0.25, -0.2) is 14.5 Å². The van der Waals surface area contributed by atoms with E-state index in [4.69, 9.17) is 10.7 Å². The van der Waals surface area contributed by atoms with Gasteiger partial charge in [-0.1, -0.05) is 19.4 Å². The van der Waals surface area contributed by atoms with Crippen molar-refractivity contribution < 1.29 is 13.2 Å². The van der Waals surface area contributed by atoms with Gasteiger partial charge in [0.25, 0.3) is 0 Å². The lowest BCUT2D eigenvalue weighted by Crippen LogP contribution is -2.42. The summed E-state index contributed by atoms with van der Waals surface area (Å²) in [6.07, 6.45) is 1.95. The van der Waals surface area contributed by atoms with Crippen LogP contribution in [0.4, 0.5) is 30.8 Å². The molecule has 0 amide bonds. The molecule has 3 aromatic heterocycles. The SMILES string of the molecule is CCCC(Nc1nc(N)c2ncc(Cc3cnc(N4CCC(N(C)C)CC4)c(C)c3)n2n1)C(F)(F)F. The first-order chi connectivity index (χ1) is 17.1. The van der Waals surface area contributed by atoms with Crippen molar-refractivity contribution >= 4 is 23.2 Å². The number of alkyl halides is 3. The minimum atomic E-state index is -4.42. The van der Waals surface area contributed by atoms with Crippen LogP contribution >= 0.6 is 0 Å². The summed E-state index contributed by atoms with van der Waals surface area (Å²) in [6.45, 7) is 5.67. The van der Waals surface area contributed by atoms with Crippen LogP contribution in [0, 0.1) is 6.92 Å². The number of imidazole rings is 1. The topological polar surface area (TPSA) is 100 Å². The molecule has 0 bridgehead atoms. The Hall–Kier alpha value is -3.15. The number of aromatic nitrogens is 5. The number of rotatable bonds is 8. The van der Waals surface area contributed by atoms with Gasteiger partial charge in [0.2, 0.25) is 5.95 Å². The summed E-state index contributed by atoms with van der Waals surface area (Å²) >= 11 is 0. The summed E-state index contributed by atoms with van der Waals surface area (Å²) in [7, 11) is 4.24. The Morgan fingerprint density at radius 1 is 1.19 bits per heavy atom. The van der Waals surface area contributed by atoms with Crippen LogP contribution in [0.15, 0.2) is 18.5 Å². The van der Waals surface area contributed by atoms with E-state index in [1.54, 1.807) is 13.1 Å². The van der Waals surface area contributed by atoms with Crippen LogP contribution in [-0.4, -0.2) is 74.9 Å². The van der Waals surface area contributed by atoms with Crippen LogP contribution in [0.25, 0.3) is 5.65 Å². The molecule has 9 nitrogen and oxygen atoms in total. The van der Waals surface area contributed by atoms with E-state index in [0.717, 1.165) is 42.9 Å². The number of hydrogen-bond acceptors (Lipinski definition) is 8. The van der Waals surface area contributed by atoms with E-state index in [0.29, 0.717) is 30.2 Å². The number of nitrogens with one attached hydrogen (secondary N) is 1. The zero-order valence-corrected chi connectivity index (χ0v) is 21.2. The summed E-state index contributed by atoms with van der Waals surface area (Å²) in [5, 5.41) is 6.68. The highest BCUT2D eigenvalue weighted by atomic mass is 19.4. The van der Waals surface area contributed by atoms with E-state index in [1.165, 1.54) is 4.52 Å². The van der Waals surface area contributed by atoms with Gasteiger partial charge in [-0.15, -0.1) is 5.10 Å². The number of anilines is 3. The Balaban J connectivity index is 1.53. The maximum atomic E-state index is 13.4. The van der Waals surface area contributed by atoms with Crippen molar-refractivity contribution in [2.45, 2.75) is 64.2 Å². The van der Waals surface area contributed by atoms with E-state index in [9.17, 15) is 13.2 Å². The quantitative estimate of drug-likeness (QED) is 0.478. The third-order valence-corrected chi connectivity index (χ3v) is 6.72. The molecule has 196 valence electrons. The number of piperidine rings is 1. The van der Waals surface area contributed by atoms with Gasteiger partial charge in [-0.3, -0.25) is 0 Å². The van der Waals surface area contributed by atoms with Crippen LogP contribution in [0.3, 0.4) is 0 Å². The second kappa shape index (κ2) is 10.5. The molecular weight excluding hydrogens is 471 g/mol. The van der Waals surface area contributed by atoms with Crippen molar-refractivity contribution in [3.8, 4) is 0 Å². The van der Waals surface area contributed by atoms with Crippen molar-refractivity contribution in [2.24, 2.45) is 0 Å². The molecule has 1 unspecified atom stereocenters. The number of nitrogens with zero attached hydrogens (tertiary/aromatic N) is 7. The van der Waals surface area contributed by atoms with Gasteiger partial charge in [-0.05, 0) is 51.4 Å². The molecular formula is C24H34F3N9. The molecule has 0 aromatic carbocycles. The second-order valence-corrected chi connectivity index (χ2v) is 9.68. The van der Waals surface area contributed by atoms with Gasteiger partial charge in [0.1, 0.15) is 11.9 Å². The minimum Gasteiger partial charge on any atom is -0.380 e. The number of fused-ring (bicyclic) bond motifs is 1. The molecule has 1 fully saturated rings. The fraction of sp³-hybridized carbons (Fsp3) is 0.583. The van der Waals surface area contributed by atoms with E-state index < -0.39 is 12.2 Å². The van der Waals surface area contributed by atoms with E-state index in [-0.39, 0.29) is 18.2 Å². The molecule has 1 atom stereocenters. The molecule has 1 saturated heterocycles. The molecule has 0 radical (unpaired) electrons. The maximum absolute atomic E-state index is 13.4. The molecule has 12 heteroatoms. The number of aryl methyl sites for hydroxylation is 1. The van der Waals surface area contributed by atoms with E-state index >= 15 is 0 Å². The van der Waals surface area contributed by atoms with Crippen molar-refractivity contribution in [1.29, 1.82) is 0 Å². The molecule has 0 aliphatic carbocycles. The van der Waals surface area contributed by atoms with Crippen molar-refractivity contribution in [3.63, 3.8) is 0 Å². The average Bonchev–Trinajstić information content (AvgIpc) is 3.21. The van der Waals surface area contributed by atoms with E-state index in [1.807, 2.05) is 13.1 Å². The fourth-order valence-electron chi connectivity index (χ4n) is 4.75. The van der Waals surface area contributed by atoms with Gasteiger partial charge >= 0.3 is 6.18 Å². The van der Waals surface area contributed by atoms with E-state index in [2.05, 4.69) is 50.3 Å². The average molecular weight is 506 g/mol. The third-order valence-electron chi connectivity index (χ3n) is 6.72. The second-order valence-electron chi connectivity index (χ2n) is 9.68. The lowest BCUT2D eigenvalue weighted by molar-refractivity contribution is -0.143. The molecule has 4 rings (SSSR count). The van der Waals surface area contributed by atoms with Crippen LogP contribution < -0.4 is 16.0 Å². The first kappa shape index (κ1) is 25.9. The molecule has 1 aliphatic rings. The molecule has 3 aromatic rings. The summed E-state index contributed by atoms with van der Waals surface area (Å²) in [4.78, 5) is 17.6. The van der Waals surface area contributed by atoms with Gasteiger partial charge in [0, 0.05) is 31.7 Å². The van der Waals surface area contributed by atoms with Crippen LogP contribution in [-0.2, 0) is 6.42 Å². The minimum absolute atomic E-state index is 0.0157. The Kier molecular flexibility index (Phi) is 7.53. The van der Waals surface area contributed by atoms with Crippen molar-refractivity contribution in [1.82, 2.24) is 29.5 Å². The highest BCUT2D eigenvalue weighted by molar-refractivity contribution is 5.61. The number of hydrogen-bond donors (Lipinski definition) is 2. The van der Waals surface area contributed by atoms with Gasteiger partial charge < -0.3 is 20.9 Å². The molecule has 3 N–H and O–H groups in total. The monoisotopic (exact) mass is 505 g/mol. The standard InChI is InChI=1S/C24H34F3N9/c1-5-6-19(24(25,26)27)31-23-32-20(28)22-30-14-18(36(22)33-23)12-16-11-15(2)21(29-13-16)35-9-7-17(8-10-35)34(3)4/h11,13-14,17,19H,5-10,12H2,1-4H3,(H3,28,31,32,33). The molecule has 4 heterocycles. The number of halogens is 3. The zero-order valence-electron chi connectivity index (χ0n) is 21.2. The Bertz CT molecular complexity index is 1180. The number of nitrogen functional groups attached to an aromatic ring is 1. The number of nitrogens with two attached hydrogens (primary N) is 1. The zero-order chi connectivity index (χ0) is 26.0. The lowest BCUT2D eigenvalue weighted by atomic mass is 10.0. The van der Waals surface area contributed by atoms with Crippen molar-refractivity contribution in [2.75, 3.05) is 43.1 Å². The largest absolute Gasteiger partial charge is 0.408 e. The molecule has 0 spiro atoms. The lowest BCUT2D eigenvalue weighted by Gasteiger charge is -2.36. The first-order valence-electron chi connectivity index (χ1n) is 12.3. The Labute approximate surface area is 208 Å². The summed E-state index contributed by atoms with van der Waals surface area (Å²) in [6, 6.07) is 0.927. The van der Waals surface area contributed by atoms with Crippen molar-refractivity contribution in [3.05, 3.63) is 35.3 Å². The molecule has 0 saturated carbocycles. The maximum Gasteiger partial charge on any atom is 0.408 e. The first-order valence-corrected chi connectivity index (χ1v) is 12.3. The van der Waals surface area contributed by atoms with Gasteiger partial charge in [0.05, 0.1) is 11.9 Å². The predicted octanol–water partition coefficient (Wildman–Crippen LogP) is 3.67. The highest BCUT2D eigenvalue weighted by Gasteiger charge is 2.39. The van der Waals surface area contributed by atoms with Crippen LogP contribution in [0.2, 0.25) is 0 Å². The normalized spacial score (nSPS) is 16.2. The fourth-order valence-corrected chi connectivity index (χ4v) is 4.75. The van der Waals surface area contributed by atoms with Gasteiger partial charge in [-0.2, -0.15) is 18.2 Å². The van der Waals surface area contributed by atoms with Gasteiger partial charge in [0.15, 0.2) is 11.5 Å². The summed E-state index contributed by atoms with van der Waals surface area (Å²) in [5.41, 5.74) is 9.02. The third kappa shape index (κ3) is 5.63. The summed E-state index contributed by atoms with van der Waals surface area (Å²) in [5.74, 6) is 0.823. The molecule has 1 aliphatic heterocycles. The smallest absolute Gasteiger partial charge is 0.380 e. The predicted molar refractivity (Wildman–Crippen MR) is 134 cm³/mol. The Morgan fingerprint density at radius 3 is 2.53 bits per heavy atom. The number of pyridine rings is 1.